The van der Waals surface area contributed by atoms with Gasteiger partial charge in [-0.3, -0.25) is 0 Å². The normalized spacial score (nSPS) is 15.8. The molecule has 0 atom stereocenters. The number of nitrogens with one attached hydrogen (secondary N) is 2. The molecule has 0 amide bonds. The van der Waals surface area contributed by atoms with Gasteiger partial charge in [-0.25, -0.2) is 18.1 Å². The van der Waals surface area contributed by atoms with Crippen LogP contribution in [0.4, 0.5) is 5.69 Å². The number of aliphatic imine (C=N–C) groups is 1. The van der Waals surface area contributed by atoms with Crippen molar-refractivity contribution in [2.75, 3.05) is 5.32 Å². The van der Waals surface area contributed by atoms with Crippen molar-refractivity contribution in [2.24, 2.45) is 4.99 Å². The summed E-state index contributed by atoms with van der Waals surface area (Å²) < 4.78 is 33.8. The Morgan fingerprint density at radius 1 is 0.967 bits per heavy atom. The number of para-hydroxylation sites is 2. The van der Waals surface area contributed by atoms with E-state index in [0.717, 1.165) is 11.1 Å². The maximum absolute atomic E-state index is 12.7. The summed E-state index contributed by atoms with van der Waals surface area (Å²) in [5.74, 6) is 0.802. The van der Waals surface area contributed by atoms with E-state index in [9.17, 15) is 8.42 Å². The van der Waals surface area contributed by atoms with Gasteiger partial charge in [0.05, 0.1) is 11.6 Å². The SMILES string of the molecule is Cc1ccc(CN=C2Nc3c(Oc4ccccc4Cl)cccc3S(=O)(=O)N2)c(Cl)c1. The second-order valence-electron chi connectivity index (χ2n) is 6.65. The number of halogens is 2. The Morgan fingerprint density at radius 2 is 1.73 bits per heavy atom. The van der Waals surface area contributed by atoms with Gasteiger partial charge in [0.15, 0.2) is 5.75 Å². The predicted octanol–water partition coefficient (Wildman–Crippen LogP) is 5.35. The minimum absolute atomic E-state index is 0.0550. The van der Waals surface area contributed by atoms with E-state index in [4.69, 9.17) is 27.9 Å². The topological polar surface area (TPSA) is 79.8 Å². The van der Waals surface area contributed by atoms with Crippen molar-refractivity contribution < 1.29 is 13.2 Å². The number of benzene rings is 3. The quantitative estimate of drug-likeness (QED) is 0.548. The number of hydrogen-bond acceptors (Lipinski definition) is 4. The molecule has 0 saturated carbocycles. The van der Waals surface area contributed by atoms with Crippen molar-refractivity contribution >= 4 is 44.9 Å². The van der Waals surface area contributed by atoms with Gasteiger partial charge >= 0.3 is 0 Å². The van der Waals surface area contributed by atoms with Crippen LogP contribution in [-0.2, 0) is 16.6 Å². The zero-order valence-electron chi connectivity index (χ0n) is 15.8. The predicted molar refractivity (Wildman–Crippen MR) is 119 cm³/mol. The lowest BCUT2D eigenvalue weighted by molar-refractivity contribution is 0.483. The van der Waals surface area contributed by atoms with Gasteiger partial charge in [0.1, 0.15) is 16.3 Å². The number of ether oxygens (including phenoxy) is 1. The van der Waals surface area contributed by atoms with Crippen LogP contribution >= 0.6 is 23.2 Å². The molecule has 6 nitrogen and oxygen atoms in total. The standard InChI is InChI=1S/C21H17Cl2N3O3S/c1-13-9-10-14(16(23)11-13)12-24-21-25-20-18(29-17-6-3-2-5-15(17)22)7-4-8-19(20)30(27,28)26-21/h2-11H,12H2,1H3,(H2,24,25,26). The first-order valence-electron chi connectivity index (χ1n) is 8.98. The van der Waals surface area contributed by atoms with E-state index in [1.807, 2.05) is 25.1 Å². The molecule has 3 aromatic carbocycles. The number of nitrogens with zero attached hydrogens (tertiary/aromatic N) is 1. The fraction of sp³-hybridized carbons (Fsp3) is 0.0952. The molecule has 1 heterocycles. The number of fused-ring (bicyclic) bond motifs is 1. The molecule has 0 aliphatic carbocycles. The third-order valence-electron chi connectivity index (χ3n) is 4.42. The van der Waals surface area contributed by atoms with E-state index in [1.165, 1.54) is 6.07 Å². The lowest BCUT2D eigenvalue weighted by Gasteiger charge is -2.23. The number of anilines is 1. The van der Waals surface area contributed by atoms with Gasteiger partial charge in [-0.1, -0.05) is 53.5 Å². The van der Waals surface area contributed by atoms with E-state index in [-0.39, 0.29) is 23.1 Å². The molecule has 1 aliphatic rings. The molecule has 0 bridgehead atoms. The molecule has 154 valence electrons. The molecule has 0 fully saturated rings. The third-order valence-corrected chi connectivity index (χ3v) is 6.47. The summed E-state index contributed by atoms with van der Waals surface area (Å²) in [4.78, 5) is 4.41. The summed E-state index contributed by atoms with van der Waals surface area (Å²) in [5, 5.41) is 3.99. The zero-order chi connectivity index (χ0) is 21.3. The second kappa shape index (κ2) is 8.18. The van der Waals surface area contributed by atoms with Gasteiger partial charge in [-0.15, -0.1) is 0 Å². The monoisotopic (exact) mass is 461 g/mol. The molecule has 1 aliphatic heterocycles. The second-order valence-corrected chi connectivity index (χ2v) is 9.12. The van der Waals surface area contributed by atoms with Crippen LogP contribution in [0.2, 0.25) is 10.0 Å². The molecule has 2 N–H and O–H groups in total. The molecule has 4 rings (SSSR count). The lowest BCUT2D eigenvalue weighted by atomic mass is 10.1. The van der Waals surface area contributed by atoms with Gasteiger partial charge in [0, 0.05) is 5.02 Å². The first-order valence-corrected chi connectivity index (χ1v) is 11.2. The maximum Gasteiger partial charge on any atom is 0.266 e. The Kier molecular flexibility index (Phi) is 5.60. The number of rotatable bonds is 4. The molecule has 30 heavy (non-hydrogen) atoms. The third kappa shape index (κ3) is 4.23. The molecular weight excluding hydrogens is 445 g/mol. The number of hydrogen-bond donors (Lipinski definition) is 2. The van der Waals surface area contributed by atoms with Crippen LogP contribution < -0.4 is 14.8 Å². The highest BCUT2D eigenvalue weighted by molar-refractivity contribution is 7.90. The van der Waals surface area contributed by atoms with Gasteiger partial charge < -0.3 is 10.1 Å². The Bertz CT molecular complexity index is 1260. The van der Waals surface area contributed by atoms with Crippen molar-refractivity contribution in [3.8, 4) is 11.5 Å². The minimum Gasteiger partial charge on any atom is -0.454 e. The molecule has 0 saturated heterocycles. The van der Waals surface area contributed by atoms with Crippen LogP contribution in [0.5, 0.6) is 11.5 Å². The van der Waals surface area contributed by atoms with Crippen LogP contribution in [0.1, 0.15) is 11.1 Å². The molecule has 0 spiro atoms. The van der Waals surface area contributed by atoms with Crippen molar-refractivity contribution in [3.63, 3.8) is 0 Å². The van der Waals surface area contributed by atoms with Crippen molar-refractivity contribution in [1.29, 1.82) is 0 Å². The molecular formula is C21H17Cl2N3O3S. The molecule has 0 radical (unpaired) electrons. The Balaban J connectivity index is 1.68. The number of sulfonamides is 1. The molecule has 3 aromatic rings. The van der Waals surface area contributed by atoms with Crippen LogP contribution in [-0.4, -0.2) is 14.4 Å². The Labute approximate surface area is 184 Å². The van der Waals surface area contributed by atoms with E-state index in [0.29, 0.717) is 21.5 Å². The van der Waals surface area contributed by atoms with Gasteiger partial charge in [0.25, 0.3) is 10.0 Å². The van der Waals surface area contributed by atoms with Crippen LogP contribution in [0.25, 0.3) is 0 Å². The summed E-state index contributed by atoms with van der Waals surface area (Å²) in [6, 6.07) is 17.3. The van der Waals surface area contributed by atoms with Gasteiger partial charge in [0.2, 0.25) is 5.96 Å². The average Bonchev–Trinajstić information content (AvgIpc) is 2.69. The van der Waals surface area contributed by atoms with E-state index >= 15 is 0 Å². The maximum atomic E-state index is 12.7. The van der Waals surface area contributed by atoms with E-state index < -0.39 is 10.0 Å². The first kappa shape index (κ1) is 20.5. The highest BCUT2D eigenvalue weighted by atomic mass is 35.5. The number of guanidine groups is 1. The first-order chi connectivity index (χ1) is 14.3. The zero-order valence-corrected chi connectivity index (χ0v) is 18.1. The van der Waals surface area contributed by atoms with E-state index in [1.54, 1.807) is 36.4 Å². The molecule has 0 aromatic heterocycles. The number of aryl methyl sites for hydroxylation is 1. The summed E-state index contributed by atoms with van der Waals surface area (Å²) in [7, 11) is -3.83. The lowest BCUT2D eigenvalue weighted by Crippen LogP contribution is -2.40. The highest BCUT2D eigenvalue weighted by Crippen LogP contribution is 2.38. The fourth-order valence-electron chi connectivity index (χ4n) is 2.93. The molecule has 9 heteroatoms. The van der Waals surface area contributed by atoms with Gasteiger partial charge in [-0.2, -0.15) is 0 Å². The molecule has 0 unspecified atom stereocenters. The fourth-order valence-corrected chi connectivity index (χ4v) is 4.56. The van der Waals surface area contributed by atoms with Crippen molar-refractivity contribution in [1.82, 2.24) is 4.72 Å². The van der Waals surface area contributed by atoms with E-state index in [2.05, 4.69) is 15.0 Å². The van der Waals surface area contributed by atoms with Crippen LogP contribution in [0.15, 0.2) is 70.6 Å². The van der Waals surface area contributed by atoms with Crippen LogP contribution in [0.3, 0.4) is 0 Å². The Morgan fingerprint density at radius 3 is 2.50 bits per heavy atom. The Hall–Kier alpha value is -2.74. The average molecular weight is 462 g/mol. The summed E-state index contributed by atoms with van der Waals surface area (Å²) in [6.45, 7) is 2.14. The highest BCUT2D eigenvalue weighted by Gasteiger charge is 2.29. The van der Waals surface area contributed by atoms with Gasteiger partial charge in [-0.05, 0) is 48.4 Å². The summed E-state index contributed by atoms with van der Waals surface area (Å²) >= 11 is 12.4. The van der Waals surface area contributed by atoms with Crippen molar-refractivity contribution in [2.45, 2.75) is 18.4 Å². The van der Waals surface area contributed by atoms with Crippen molar-refractivity contribution in [3.05, 3.63) is 81.8 Å². The minimum atomic E-state index is -3.83. The smallest absolute Gasteiger partial charge is 0.266 e. The summed E-state index contributed by atoms with van der Waals surface area (Å²) in [6.07, 6.45) is 0. The van der Waals surface area contributed by atoms with Crippen LogP contribution in [0, 0.1) is 6.92 Å². The largest absolute Gasteiger partial charge is 0.454 e. The summed E-state index contributed by atoms with van der Waals surface area (Å²) in [5.41, 5.74) is 2.09.